The zero-order valence-electron chi connectivity index (χ0n) is 11.9. The van der Waals surface area contributed by atoms with E-state index in [4.69, 9.17) is 0 Å². The number of nitrogens with zero attached hydrogens (tertiary/aromatic N) is 1. The summed E-state index contributed by atoms with van der Waals surface area (Å²) < 4.78 is 0. The van der Waals surface area contributed by atoms with E-state index in [0.717, 1.165) is 31.6 Å². The maximum Gasteiger partial charge on any atom is 0.326 e. The molecule has 4 atom stereocenters. The Labute approximate surface area is 119 Å². The molecule has 2 saturated heterocycles. The van der Waals surface area contributed by atoms with Gasteiger partial charge in [0.15, 0.2) is 0 Å². The molecule has 0 radical (unpaired) electrons. The Balaban J connectivity index is 1.64. The monoisotopic (exact) mass is 280 g/mol. The lowest BCUT2D eigenvalue weighted by atomic mass is 9.77. The predicted octanol–water partition coefficient (Wildman–Crippen LogP) is 1.37. The second kappa shape index (κ2) is 5.72. The molecule has 0 aromatic heterocycles. The summed E-state index contributed by atoms with van der Waals surface area (Å²) in [4.78, 5) is 25.4. The highest BCUT2D eigenvalue weighted by Crippen LogP contribution is 2.33. The zero-order valence-corrected chi connectivity index (χ0v) is 11.9. The highest BCUT2D eigenvalue weighted by molar-refractivity contribution is 5.87. The van der Waals surface area contributed by atoms with Crippen LogP contribution in [0.15, 0.2) is 0 Å². The van der Waals surface area contributed by atoms with Crippen molar-refractivity contribution >= 4 is 11.9 Å². The smallest absolute Gasteiger partial charge is 0.326 e. The molecule has 1 amide bonds. The topological polar surface area (TPSA) is 69.6 Å². The molecule has 1 aliphatic carbocycles. The Morgan fingerprint density at radius 3 is 2.60 bits per heavy atom. The van der Waals surface area contributed by atoms with Crippen LogP contribution in [0.4, 0.5) is 0 Å². The molecule has 3 rings (SSSR count). The molecule has 4 unspecified atom stereocenters. The first-order valence-electron chi connectivity index (χ1n) is 7.96. The van der Waals surface area contributed by atoms with Crippen LogP contribution in [0.3, 0.4) is 0 Å². The number of fused-ring (bicyclic) bond motifs is 1. The first kappa shape index (κ1) is 13.9. The zero-order chi connectivity index (χ0) is 14.1. The number of carboxylic acid groups (broad SMARTS) is 1. The molecule has 0 spiro atoms. The van der Waals surface area contributed by atoms with E-state index in [1.807, 2.05) is 0 Å². The lowest BCUT2D eigenvalue weighted by Gasteiger charge is -2.41. The van der Waals surface area contributed by atoms with Crippen molar-refractivity contribution in [2.24, 2.45) is 5.92 Å². The molecule has 2 aliphatic heterocycles. The quantitative estimate of drug-likeness (QED) is 0.801. The maximum atomic E-state index is 12.6. The number of piperidine rings is 1. The van der Waals surface area contributed by atoms with Gasteiger partial charge in [0.2, 0.25) is 5.91 Å². The molecule has 20 heavy (non-hydrogen) atoms. The van der Waals surface area contributed by atoms with Gasteiger partial charge in [-0.25, -0.2) is 4.79 Å². The first-order chi connectivity index (χ1) is 9.66. The second-order valence-corrected chi connectivity index (χ2v) is 6.48. The Bertz CT molecular complexity index is 399. The molecule has 2 heterocycles. The van der Waals surface area contributed by atoms with Crippen LogP contribution < -0.4 is 5.32 Å². The van der Waals surface area contributed by atoms with Crippen molar-refractivity contribution in [1.29, 1.82) is 0 Å². The summed E-state index contributed by atoms with van der Waals surface area (Å²) in [5, 5.41) is 12.7. The predicted molar refractivity (Wildman–Crippen MR) is 74.3 cm³/mol. The van der Waals surface area contributed by atoms with E-state index < -0.39 is 12.0 Å². The highest BCUT2D eigenvalue weighted by atomic mass is 16.4. The molecule has 0 aromatic carbocycles. The normalized spacial score (nSPS) is 37.5. The SMILES string of the molecule is O=C(O)C1CCCN1C(=O)C1CCC2CCCCC2N1. The Kier molecular flexibility index (Phi) is 3.96. The van der Waals surface area contributed by atoms with Gasteiger partial charge in [0.05, 0.1) is 6.04 Å². The van der Waals surface area contributed by atoms with E-state index in [0.29, 0.717) is 19.0 Å². The number of hydrogen-bond donors (Lipinski definition) is 2. The summed E-state index contributed by atoms with van der Waals surface area (Å²) >= 11 is 0. The van der Waals surface area contributed by atoms with E-state index in [1.165, 1.54) is 19.3 Å². The van der Waals surface area contributed by atoms with Crippen LogP contribution in [0.1, 0.15) is 51.4 Å². The van der Waals surface area contributed by atoms with Crippen LogP contribution in [0, 0.1) is 5.92 Å². The van der Waals surface area contributed by atoms with Gasteiger partial charge in [-0.2, -0.15) is 0 Å². The molecule has 2 N–H and O–H groups in total. The van der Waals surface area contributed by atoms with Crippen molar-refractivity contribution in [3.63, 3.8) is 0 Å². The fraction of sp³-hybridized carbons (Fsp3) is 0.867. The van der Waals surface area contributed by atoms with Crippen LogP contribution in [0.5, 0.6) is 0 Å². The minimum atomic E-state index is -0.859. The number of likely N-dealkylation sites (tertiary alicyclic amines) is 1. The van der Waals surface area contributed by atoms with Gasteiger partial charge in [-0.3, -0.25) is 4.79 Å². The fourth-order valence-electron chi connectivity index (χ4n) is 4.18. The highest BCUT2D eigenvalue weighted by Gasteiger charge is 2.40. The number of nitrogens with one attached hydrogen (secondary N) is 1. The van der Waals surface area contributed by atoms with Gasteiger partial charge in [-0.05, 0) is 44.4 Å². The van der Waals surface area contributed by atoms with Crippen LogP contribution in [-0.2, 0) is 9.59 Å². The number of aliphatic carboxylic acids is 1. The number of carbonyl (C=O) groups is 2. The van der Waals surface area contributed by atoms with Crippen molar-refractivity contribution in [3.8, 4) is 0 Å². The van der Waals surface area contributed by atoms with Gasteiger partial charge in [0, 0.05) is 12.6 Å². The van der Waals surface area contributed by atoms with E-state index >= 15 is 0 Å². The molecular weight excluding hydrogens is 256 g/mol. The van der Waals surface area contributed by atoms with Crippen molar-refractivity contribution in [2.75, 3.05) is 6.54 Å². The van der Waals surface area contributed by atoms with Gasteiger partial charge in [0.25, 0.3) is 0 Å². The Morgan fingerprint density at radius 2 is 1.80 bits per heavy atom. The van der Waals surface area contributed by atoms with Crippen LogP contribution >= 0.6 is 0 Å². The molecule has 0 bridgehead atoms. The van der Waals surface area contributed by atoms with Crippen LogP contribution in [0.2, 0.25) is 0 Å². The molecule has 112 valence electrons. The largest absolute Gasteiger partial charge is 0.480 e. The lowest BCUT2D eigenvalue weighted by molar-refractivity contribution is -0.149. The number of rotatable bonds is 2. The number of amides is 1. The molecule has 1 saturated carbocycles. The van der Waals surface area contributed by atoms with Crippen molar-refractivity contribution in [2.45, 2.75) is 69.5 Å². The third-order valence-corrected chi connectivity index (χ3v) is 5.27. The minimum absolute atomic E-state index is 0.0129. The van der Waals surface area contributed by atoms with Gasteiger partial charge in [0.1, 0.15) is 6.04 Å². The van der Waals surface area contributed by atoms with E-state index in [9.17, 15) is 14.7 Å². The number of hydrogen-bond acceptors (Lipinski definition) is 3. The average molecular weight is 280 g/mol. The van der Waals surface area contributed by atoms with Crippen molar-refractivity contribution in [3.05, 3.63) is 0 Å². The summed E-state index contributed by atoms with van der Waals surface area (Å²) in [7, 11) is 0. The van der Waals surface area contributed by atoms with E-state index in [2.05, 4.69) is 5.32 Å². The Hall–Kier alpha value is -1.10. The molecule has 5 heteroatoms. The summed E-state index contributed by atoms with van der Waals surface area (Å²) in [6.07, 6.45) is 8.38. The second-order valence-electron chi connectivity index (χ2n) is 6.48. The van der Waals surface area contributed by atoms with Crippen LogP contribution in [-0.4, -0.2) is 46.6 Å². The van der Waals surface area contributed by atoms with Gasteiger partial charge in [-0.1, -0.05) is 12.8 Å². The van der Waals surface area contributed by atoms with Gasteiger partial charge < -0.3 is 15.3 Å². The summed E-state index contributed by atoms with van der Waals surface area (Å²) in [5.41, 5.74) is 0. The van der Waals surface area contributed by atoms with E-state index in [-0.39, 0.29) is 11.9 Å². The number of carboxylic acids is 1. The fourth-order valence-corrected chi connectivity index (χ4v) is 4.18. The first-order valence-corrected chi connectivity index (χ1v) is 7.96. The average Bonchev–Trinajstić information content (AvgIpc) is 2.95. The molecule has 3 fully saturated rings. The van der Waals surface area contributed by atoms with Crippen LogP contribution in [0.25, 0.3) is 0 Å². The Morgan fingerprint density at radius 1 is 1.00 bits per heavy atom. The molecular formula is C15H24N2O3. The molecule has 0 aromatic rings. The van der Waals surface area contributed by atoms with Gasteiger partial charge in [-0.15, -0.1) is 0 Å². The summed E-state index contributed by atoms with van der Waals surface area (Å²) in [6.45, 7) is 0.599. The standard InChI is InChI=1S/C15H24N2O3/c18-14(17-9-3-6-13(17)15(19)20)12-8-7-10-4-1-2-5-11(10)16-12/h10-13,16H,1-9H2,(H,19,20). The minimum Gasteiger partial charge on any atom is -0.480 e. The van der Waals surface area contributed by atoms with E-state index in [1.54, 1.807) is 4.90 Å². The third kappa shape index (κ3) is 2.55. The summed E-state index contributed by atoms with van der Waals surface area (Å²) in [5.74, 6) is -0.122. The lowest BCUT2D eigenvalue weighted by Crippen LogP contribution is -2.57. The maximum absolute atomic E-state index is 12.6. The van der Waals surface area contributed by atoms with Crippen molar-refractivity contribution < 1.29 is 14.7 Å². The van der Waals surface area contributed by atoms with Gasteiger partial charge >= 0.3 is 5.97 Å². The molecule has 5 nitrogen and oxygen atoms in total. The number of carbonyl (C=O) groups excluding carboxylic acids is 1. The summed E-state index contributed by atoms with van der Waals surface area (Å²) in [6, 6.07) is -0.292. The molecule has 3 aliphatic rings. The third-order valence-electron chi connectivity index (χ3n) is 5.27. The van der Waals surface area contributed by atoms with Crippen molar-refractivity contribution in [1.82, 2.24) is 10.2 Å².